The van der Waals surface area contributed by atoms with Crippen LogP contribution in [-0.2, 0) is 5.54 Å². The van der Waals surface area contributed by atoms with Gasteiger partial charge in [0.15, 0.2) is 0 Å². The highest BCUT2D eigenvalue weighted by Crippen LogP contribution is 2.34. The highest BCUT2D eigenvalue weighted by atomic mass is 19.1. The van der Waals surface area contributed by atoms with Gasteiger partial charge in [0.05, 0.1) is 35.0 Å². The average Bonchev–Trinajstić information content (AvgIpc) is 3.63. The van der Waals surface area contributed by atoms with Gasteiger partial charge in [-0.3, -0.25) is 4.68 Å². The molecule has 11 nitrogen and oxygen atoms in total. The zero-order chi connectivity index (χ0) is 28.1. The molecule has 0 spiro atoms. The first kappa shape index (κ1) is 25.5. The lowest BCUT2D eigenvalue weighted by Gasteiger charge is -2.35. The number of rotatable bonds is 6. The van der Waals surface area contributed by atoms with Crippen LogP contribution in [0.4, 0.5) is 16.2 Å². The summed E-state index contributed by atoms with van der Waals surface area (Å²) in [6, 6.07) is 8.53. The van der Waals surface area contributed by atoms with E-state index in [2.05, 4.69) is 45.9 Å². The Labute approximate surface area is 235 Å². The number of piperazine rings is 1. The van der Waals surface area contributed by atoms with E-state index < -0.39 is 5.54 Å². The largest absolute Gasteiger partial charge is 0.393 e. The predicted octanol–water partition coefficient (Wildman–Crippen LogP) is 3.00. The van der Waals surface area contributed by atoms with Gasteiger partial charge in [-0.25, -0.2) is 24.3 Å². The number of nitrogens with one attached hydrogen (secondary N) is 1. The molecule has 2 aliphatic rings. The molecule has 41 heavy (non-hydrogen) atoms. The minimum Gasteiger partial charge on any atom is -0.393 e. The van der Waals surface area contributed by atoms with Crippen molar-refractivity contribution in [3.8, 4) is 11.3 Å². The van der Waals surface area contributed by atoms with Crippen LogP contribution in [0.15, 0.2) is 61.4 Å². The van der Waals surface area contributed by atoms with Crippen LogP contribution in [0.5, 0.6) is 0 Å². The van der Waals surface area contributed by atoms with Gasteiger partial charge in [0, 0.05) is 55.9 Å². The molecule has 1 saturated carbocycles. The summed E-state index contributed by atoms with van der Waals surface area (Å²) < 4.78 is 15.3. The lowest BCUT2D eigenvalue weighted by atomic mass is 9.87. The first-order chi connectivity index (χ1) is 19.8. The van der Waals surface area contributed by atoms with Crippen LogP contribution in [0.3, 0.4) is 0 Å². The molecular formula is C29H31FN10O. The standard InChI is InChI=1S/C29H31FN10O/c1-29(31,19-2-4-21(30)5-3-19)20-14-32-28(33-15-20)39-8-6-38(7-9-39)27-24-12-25(37-26(24)34-17-35-27)18-13-36-40(16-18)22-10-23(41)11-22/h2-5,12-17,22-23,41H,6-11,31H2,1H3,(H,34,35,37)/t22?,23?,29-/m0/s1. The van der Waals surface area contributed by atoms with Gasteiger partial charge in [0.25, 0.3) is 0 Å². The highest BCUT2D eigenvalue weighted by Gasteiger charge is 2.30. The molecule has 5 heterocycles. The summed E-state index contributed by atoms with van der Waals surface area (Å²) in [6.45, 7) is 4.85. The number of aliphatic hydroxyl groups is 1. The minimum atomic E-state index is -0.836. The number of hydrogen-bond acceptors (Lipinski definition) is 9. The third kappa shape index (κ3) is 4.68. The number of aromatic amines is 1. The van der Waals surface area contributed by atoms with Gasteiger partial charge in [-0.2, -0.15) is 5.10 Å². The predicted molar refractivity (Wildman–Crippen MR) is 153 cm³/mol. The number of aliphatic hydroxyl groups excluding tert-OH is 1. The number of halogens is 1. The lowest BCUT2D eigenvalue weighted by molar-refractivity contribution is 0.0434. The molecule has 5 aromatic rings. The molecule has 210 valence electrons. The zero-order valence-corrected chi connectivity index (χ0v) is 22.7. The number of nitrogens with zero attached hydrogens (tertiary/aromatic N) is 8. The van der Waals surface area contributed by atoms with E-state index in [1.54, 1.807) is 30.9 Å². The van der Waals surface area contributed by atoms with Crippen molar-refractivity contribution in [1.29, 1.82) is 0 Å². The van der Waals surface area contributed by atoms with E-state index in [1.807, 2.05) is 24.0 Å². The van der Waals surface area contributed by atoms with Crippen molar-refractivity contribution in [3.63, 3.8) is 0 Å². The maximum atomic E-state index is 13.4. The SMILES string of the molecule is C[C@](N)(c1ccc(F)cc1)c1cnc(N2CCN(c3ncnc4[nH]c(-c5cnn(C6CC(O)C6)c5)cc34)CC2)nc1. The topological polar surface area (TPSA) is 138 Å². The van der Waals surface area contributed by atoms with Crippen LogP contribution >= 0.6 is 0 Å². The Morgan fingerprint density at radius 2 is 1.66 bits per heavy atom. The number of aromatic nitrogens is 7. The van der Waals surface area contributed by atoms with Gasteiger partial charge in [0.1, 0.15) is 23.6 Å². The van der Waals surface area contributed by atoms with Crippen molar-refractivity contribution in [1.82, 2.24) is 34.7 Å². The highest BCUT2D eigenvalue weighted by molar-refractivity contribution is 5.91. The van der Waals surface area contributed by atoms with Gasteiger partial charge in [-0.05, 0) is 43.5 Å². The van der Waals surface area contributed by atoms with Crippen LogP contribution in [-0.4, -0.2) is 72.1 Å². The van der Waals surface area contributed by atoms with Crippen LogP contribution in [0.1, 0.15) is 36.9 Å². The number of H-pyrrole nitrogens is 1. The second-order valence-electron chi connectivity index (χ2n) is 11.1. The molecule has 7 rings (SSSR count). The lowest BCUT2D eigenvalue weighted by Crippen LogP contribution is -2.47. The first-order valence-electron chi connectivity index (χ1n) is 13.8. The second-order valence-corrected chi connectivity index (χ2v) is 11.1. The number of hydrogen-bond donors (Lipinski definition) is 3. The molecule has 1 aromatic carbocycles. The van der Waals surface area contributed by atoms with Crippen LogP contribution in [0.25, 0.3) is 22.3 Å². The Bertz CT molecular complexity index is 1670. The third-order valence-corrected chi connectivity index (χ3v) is 8.32. The zero-order valence-electron chi connectivity index (χ0n) is 22.7. The van der Waals surface area contributed by atoms with Crippen LogP contribution in [0.2, 0.25) is 0 Å². The Balaban J connectivity index is 1.04. The maximum absolute atomic E-state index is 13.4. The van der Waals surface area contributed by atoms with E-state index in [9.17, 15) is 9.50 Å². The molecule has 12 heteroatoms. The van der Waals surface area contributed by atoms with Crippen molar-refractivity contribution in [2.24, 2.45) is 5.73 Å². The number of benzene rings is 1. The van der Waals surface area contributed by atoms with E-state index >= 15 is 0 Å². The third-order valence-electron chi connectivity index (χ3n) is 8.32. The van der Waals surface area contributed by atoms with Gasteiger partial charge in [-0.15, -0.1) is 0 Å². The van der Waals surface area contributed by atoms with E-state index in [-0.39, 0.29) is 18.0 Å². The van der Waals surface area contributed by atoms with Crippen molar-refractivity contribution in [3.05, 3.63) is 78.4 Å². The van der Waals surface area contributed by atoms with Crippen molar-refractivity contribution < 1.29 is 9.50 Å². The molecule has 0 bridgehead atoms. The normalized spacial score (nSPS) is 20.7. The summed E-state index contributed by atoms with van der Waals surface area (Å²) in [7, 11) is 0. The molecule has 0 amide bonds. The Kier molecular flexibility index (Phi) is 6.16. The van der Waals surface area contributed by atoms with Crippen LogP contribution < -0.4 is 15.5 Å². The molecule has 1 saturated heterocycles. The number of anilines is 2. The molecule has 0 unspecified atom stereocenters. The summed E-state index contributed by atoms with van der Waals surface area (Å²) in [6.07, 6.45) is 10.2. The van der Waals surface area contributed by atoms with Crippen LogP contribution in [0, 0.1) is 5.82 Å². The fraction of sp³-hybridized carbons (Fsp3) is 0.345. The van der Waals surface area contributed by atoms with E-state index in [0.717, 1.165) is 78.3 Å². The van der Waals surface area contributed by atoms with Crippen molar-refractivity contribution in [2.75, 3.05) is 36.0 Å². The quantitative estimate of drug-likeness (QED) is 0.289. The Morgan fingerprint density at radius 1 is 0.951 bits per heavy atom. The van der Waals surface area contributed by atoms with E-state index in [4.69, 9.17) is 5.73 Å². The fourth-order valence-electron chi connectivity index (χ4n) is 5.62. The molecule has 0 radical (unpaired) electrons. The smallest absolute Gasteiger partial charge is 0.225 e. The monoisotopic (exact) mass is 554 g/mol. The van der Waals surface area contributed by atoms with E-state index in [1.165, 1.54) is 12.1 Å². The molecule has 4 aromatic heterocycles. The second kappa shape index (κ2) is 9.89. The van der Waals surface area contributed by atoms with Gasteiger partial charge in [-0.1, -0.05) is 12.1 Å². The van der Waals surface area contributed by atoms with Crippen molar-refractivity contribution >= 4 is 22.8 Å². The fourth-order valence-corrected chi connectivity index (χ4v) is 5.62. The molecule has 4 N–H and O–H groups in total. The first-order valence-corrected chi connectivity index (χ1v) is 13.8. The van der Waals surface area contributed by atoms with Crippen molar-refractivity contribution in [2.45, 2.75) is 37.5 Å². The van der Waals surface area contributed by atoms with E-state index in [0.29, 0.717) is 5.95 Å². The maximum Gasteiger partial charge on any atom is 0.225 e. The Morgan fingerprint density at radius 3 is 2.37 bits per heavy atom. The minimum absolute atomic E-state index is 0.223. The summed E-state index contributed by atoms with van der Waals surface area (Å²) >= 11 is 0. The van der Waals surface area contributed by atoms with Gasteiger partial charge < -0.3 is 25.6 Å². The molecule has 1 aliphatic heterocycles. The number of nitrogens with two attached hydrogens (primary N) is 1. The molecular weight excluding hydrogens is 523 g/mol. The Hall–Kier alpha value is -4.42. The molecule has 1 aliphatic carbocycles. The number of fused-ring (bicyclic) bond motifs is 1. The molecule has 1 atom stereocenters. The summed E-state index contributed by atoms with van der Waals surface area (Å²) in [5.74, 6) is 1.24. The average molecular weight is 555 g/mol. The summed E-state index contributed by atoms with van der Waals surface area (Å²) in [4.78, 5) is 26.2. The summed E-state index contributed by atoms with van der Waals surface area (Å²) in [5, 5.41) is 15.1. The van der Waals surface area contributed by atoms with Gasteiger partial charge in [0.2, 0.25) is 5.95 Å². The molecule has 2 fully saturated rings. The van der Waals surface area contributed by atoms with Gasteiger partial charge >= 0.3 is 0 Å². The summed E-state index contributed by atoms with van der Waals surface area (Å²) in [5.41, 5.74) is 10.00.